The molecule has 190 valence electrons. The van der Waals surface area contributed by atoms with Crippen molar-refractivity contribution in [2.45, 2.75) is 70.6 Å². The second kappa shape index (κ2) is 10.2. The van der Waals surface area contributed by atoms with E-state index >= 15 is 0 Å². The number of rotatable bonds is 8. The number of benzene rings is 1. The molecule has 3 unspecified atom stereocenters. The van der Waals surface area contributed by atoms with Crippen molar-refractivity contribution in [3.05, 3.63) is 58.7 Å². The van der Waals surface area contributed by atoms with Gasteiger partial charge in [0.05, 0.1) is 17.9 Å². The highest BCUT2D eigenvalue weighted by atomic mass is 32.1. The number of aliphatic carboxylic acids is 1. The van der Waals surface area contributed by atoms with Crippen molar-refractivity contribution in [1.82, 2.24) is 15.2 Å². The second-order valence-corrected chi connectivity index (χ2v) is 11.1. The van der Waals surface area contributed by atoms with E-state index in [0.717, 1.165) is 24.1 Å². The van der Waals surface area contributed by atoms with E-state index in [2.05, 4.69) is 42.0 Å². The van der Waals surface area contributed by atoms with E-state index in [1.165, 1.54) is 15.6 Å². The summed E-state index contributed by atoms with van der Waals surface area (Å²) in [4.78, 5) is 38.7. The number of thiophene rings is 1. The van der Waals surface area contributed by atoms with Gasteiger partial charge in [-0.25, -0.2) is 0 Å². The molecule has 1 aliphatic carbocycles. The third kappa shape index (κ3) is 4.60. The second-order valence-electron chi connectivity index (χ2n) is 10.2. The van der Waals surface area contributed by atoms with Crippen LogP contribution in [0.25, 0.3) is 10.1 Å². The van der Waals surface area contributed by atoms with E-state index in [1.807, 2.05) is 29.0 Å². The number of carbonyl (C=O) groups is 3. The van der Waals surface area contributed by atoms with Gasteiger partial charge in [0, 0.05) is 42.1 Å². The van der Waals surface area contributed by atoms with Gasteiger partial charge in [0.15, 0.2) is 0 Å². The summed E-state index contributed by atoms with van der Waals surface area (Å²) in [5.41, 5.74) is 3.15. The van der Waals surface area contributed by atoms with Crippen LogP contribution < -0.4 is 10.6 Å². The standard InChI is InChI=1S/C28H33N3O4S/c1-3-16(2)25(29-13-19-15-36-23-7-5-4-6-20(19)23)27(33)30-21-9-8-17-10-11-31-14-18(28(34)35)12-22(32)24(21)26(17)31/h4-7,10-11,15-16,18,21,24-25,29H,3,8-9,12-14H2,1-2H3,(H,30,33)(H,34,35)/t16?,18-,21-,24?,25?/m0/s1. The van der Waals surface area contributed by atoms with Gasteiger partial charge in [-0.05, 0) is 52.8 Å². The lowest BCUT2D eigenvalue weighted by Crippen LogP contribution is -2.53. The first-order chi connectivity index (χ1) is 17.4. The summed E-state index contributed by atoms with van der Waals surface area (Å²) in [6.07, 6.45) is 4.16. The number of amides is 1. The Labute approximate surface area is 214 Å². The average molecular weight is 508 g/mol. The summed E-state index contributed by atoms with van der Waals surface area (Å²) < 4.78 is 3.15. The summed E-state index contributed by atoms with van der Waals surface area (Å²) in [7, 11) is 0. The highest BCUT2D eigenvalue weighted by Gasteiger charge is 2.42. The molecule has 3 N–H and O–H groups in total. The zero-order valence-electron chi connectivity index (χ0n) is 20.7. The lowest BCUT2D eigenvalue weighted by atomic mass is 9.79. The molecule has 3 heterocycles. The molecule has 5 rings (SSSR count). The van der Waals surface area contributed by atoms with E-state index in [1.54, 1.807) is 11.3 Å². The Morgan fingerprint density at radius 2 is 2.06 bits per heavy atom. The number of nitrogens with one attached hydrogen (secondary N) is 2. The Morgan fingerprint density at radius 1 is 1.25 bits per heavy atom. The van der Waals surface area contributed by atoms with Gasteiger partial charge < -0.3 is 20.3 Å². The molecule has 7 nitrogen and oxygen atoms in total. The van der Waals surface area contributed by atoms with Gasteiger partial charge in [-0.1, -0.05) is 38.5 Å². The van der Waals surface area contributed by atoms with Crippen LogP contribution >= 0.6 is 11.3 Å². The summed E-state index contributed by atoms with van der Waals surface area (Å²) in [5.74, 6) is -2.28. The molecule has 1 aliphatic heterocycles. The molecule has 1 amide bonds. The van der Waals surface area contributed by atoms with Crippen LogP contribution in [-0.4, -0.2) is 39.4 Å². The van der Waals surface area contributed by atoms with Crippen LogP contribution in [0.5, 0.6) is 0 Å². The monoisotopic (exact) mass is 507 g/mol. The van der Waals surface area contributed by atoms with Crippen molar-refractivity contribution in [3.63, 3.8) is 0 Å². The molecule has 5 atom stereocenters. The van der Waals surface area contributed by atoms with Gasteiger partial charge in [-0.3, -0.25) is 14.4 Å². The zero-order valence-corrected chi connectivity index (χ0v) is 21.5. The molecule has 0 spiro atoms. The van der Waals surface area contributed by atoms with E-state index in [0.29, 0.717) is 19.5 Å². The molecular formula is C28H33N3O4S. The van der Waals surface area contributed by atoms with Crippen LogP contribution in [0.15, 0.2) is 41.9 Å². The van der Waals surface area contributed by atoms with Gasteiger partial charge in [-0.2, -0.15) is 0 Å². The van der Waals surface area contributed by atoms with Gasteiger partial charge in [-0.15, -0.1) is 11.3 Å². The summed E-state index contributed by atoms with van der Waals surface area (Å²) >= 11 is 1.70. The topological polar surface area (TPSA) is 100 Å². The van der Waals surface area contributed by atoms with Crippen molar-refractivity contribution in [2.24, 2.45) is 11.8 Å². The van der Waals surface area contributed by atoms with Gasteiger partial charge in [0.25, 0.3) is 0 Å². The third-order valence-electron chi connectivity index (χ3n) is 7.97. The smallest absolute Gasteiger partial charge is 0.308 e. The van der Waals surface area contributed by atoms with E-state index < -0.39 is 23.8 Å². The predicted octanol–water partition coefficient (Wildman–Crippen LogP) is 4.10. The minimum absolute atomic E-state index is 0.00817. The SMILES string of the molecule is CCC(C)C(NCc1csc2ccccc12)C(=O)N[C@H]1CCc2ccn3c2C1C(=O)C[C@H](C(=O)O)C3. The van der Waals surface area contributed by atoms with E-state index in [-0.39, 0.29) is 30.1 Å². The highest BCUT2D eigenvalue weighted by Crippen LogP contribution is 2.38. The van der Waals surface area contributed by atoms with Gasteiger partial charge in [0.1, 0.15) is 5.78 Å². The Hall–Kier alpha value is -2.97. The van der Waals surface area contributed by atoms with Crippen molar-refractivity contribution in [3.8, 4) is 0 Å². The lowest BCUT2D eigenvalue weighted by Gasteiger charge is -2.34. The normalized spacial score (nSPS) is 23.1. The maximum Gasteiger partial charge on any atom is 0.308 e. The molecule has 1 aromatic carbocycles. The zero-order chi connectivity index (χ0) is 25.4. The number of ketones is 1. The number of nitrogens with zero attached hydrogens (tertiary/aromatic N) is 1. The van der Waals surface area contributed by atoms with E-state index in [9.17, 15) is 19.5 Å². The first-order valence-electron chi connectivity index (χ1n) is 12.8. The molecule has 2 aliphatic rings. The average Bonchev–Trinajstić information content (AvgIpc) is 3.43. The Bertz CT molecular complexity index is 1290. The molecule has 8 heteroatoms. The number of carboxylic acid groups (broad SMARTS) is 1. The van der Waals surface area contributed by atoms with Crippen LogP contribution in [0.4, 0.5) is 0 Å². The number of fused-ring (bicyclic) bond motifs is 1. The fourth-order valence-corrected chi connectivity index (χ4v) is 6.73. The van der Waals surface area contributed by atoms with Crippen LogP contribution in [0.1, 0.15) is 55.8 Å². The van der Waals surface area contributed by atoms with Gasteiger partial charge in [0.2, 0.25) is 5.91 Å². The van der Waals surface area contributed by atoms with Crippen molar-refractivity contribution in [1.29, 1.82) is 0 Å². The maximum absolute atomic E-state index is 13.6. The van der Waals surface area contributed by atoms with Crippen LogP contribution in [0.3, 0.4) is 0 Å². The quantitative estimate of drug-likeness (QED) is 0.426. The lowest BCUT2D eigenvalue weighted by molar-refractivity contribution is -0.144. The van der Waals surface area contributed by atoms with Crippen molar-refractivity contribution >= 4 is 39.1 Å². The molecule has 0 radical (unpaired) electrons. The molecule has 36 heavy (non-hydrogen) atoms. The largest absolute Gasteiger partial charge is 0.481 e. The minimum atomic E-state index is -0.952. The number of Topliss-reactive ketones (excluding diaryl/α,β-unsaturated/α-hetero) is 1. The van der Waals surface area contributed by atoms with Crippen LogP contribution in [0.2, 0.25) is 0 Å². The Kier molecular flexibility index (Phi) is 6.99. The highest BCUT2D eigenvalue weighted by molar-refractivity contribution is 7.17. The first kappa shape index (κ1) is 24.7. The van der Waals surface area contributed by atoms with Crippen molar-refractivity contribution in [2.75, 3.05) is 0 Å². The first-order valence-corrected chi connectivity index (χ1v) is 13.7. The summed E-state index contributed by atoms with van der Waals surface area (Å²) in [6.45, 7) is 5.03. The van der Waals surface area contributed by atoms with Gasteiger partial charge >= 0.3 is 5.97 Å². The van der Waals surface area contributed by atoms with Crippen LogP contribution in [0, 0.1) is 11.8 Å². The van der Waals surface area contributed by atoms with E-state index in [4.69, 9.17) is 0 Å². The Morgan fingerprint density at radius 3 is 2.83 bits per heavy atom. The number of aryl methyl sites for hydroxylation is 1. The van der Waals surface area contributed by atoms with Crippen LogP contribution in [-0.2, 0) is 33.9 Å². The molecule has 0 bridgehead atoms. The number of carbonyl (C=O) groups excluding carboxylic acids is 2. The number of aromatic nitrogens is 1. The molecule has 0 saturated carbocycles. The molecule has 3 aromatic rings. The maximum atomic E-state index is 13.6. The fourth-order valence-electron chi connectivity index (χ4n) is 5.77. The Balaban J connectivity index is 1.35. The summed E-state index contributed by atoms with van der Waals surface area (Å²) in [6, 6.07) is 9.54. The number of hydrogen-bond acceptors (Lipinski definition) is 5. The fraction of sp³-hybridized carbons (Fsp3) is 0.464. The molecule has 2 aromatic heterocycles. The number of carboxylic acids is 1. The minimum Gasteiger partial charge on any atom is -0.481 e. The molecule has 0 fully saturated rings. The molecular weight excluding hydrogens is 474 g/mol. The molecule has 0 saturated heterocycles. The third-order valence-corrected chi connectivity index (χ3v) is 8.99. The summed E-state index contributed by atoms with van der Waals surface area (Å²) in [5, 5.41) is 19.7. The van der Waals surface area contributed by atoms with Crippen molar-refractivity contribution < 1.29 is 19.5 Å². The number of hydrogen-bond donors (Lipinski definition) is 3. The predicted molar refractivity (Wildman–Crippen MR) is 140 cm³/mol.